The number of hydrogen-bond donors (Lipinski definition) is 1. The van der Waals surface area contributed by atoms with Gasteiger partial charge in [0.25, 0.3) is 0 Å². The van der Waals surface area contributed by atoms with Crippen LogP contribution in [0.2, 0.25) is 0 Å². The molecule has 0 aliphatic heterocycles. The van der Waals surface area contributed by atoms with Gasteiger partial charge in [-0.3, -0.25) is 0 Å². The Kier molecular flexibility index (Phi) is 4.12. The number of nitrogens with one attached hydrogen (secondary N) is 1. The van der Waals surface area contributed by atoms with E-state index in [1.54, 1.807) is 0 Å². The van der Waals surface area contributed by atoms with Crippen LogP contribution in [0.25, 0.3) is 0 Å². The Morgan fingerprint density at radius 2 is 2.11 bits per heavy atom. The Bertz CT molecular complexity index is 402. The fourth-order valence-corrected chi connectivity index (χ4v) is 2.49. The van der Waals surface area contributed by atoms with Gasteiger partial charge in [-0.05, 0) is 23.8 Å². The average molecular weight is 268 g/mol. The highest BCUT2D eigenvalue weighted by molar-refractivity contribution is 6.18. The van der Waals surface area contributed by atoms with Crippen LogP contribution in [0.5, 0.6) is 0 Å². The predicted octanol–water partition coefficient (Wildman–Crippen LogP) is 3.32. The Hall–Kier alpha value is -1.22. The standard InChI is InChI=1S/C14H18ClNO2/c1-14(10-15)7-12(8-14)16-13(17)18-9-11-5-3-2-4-6-11/h2-6,12H,7-10H2,1H3,(H,16,17). The number of amides is 1. The van der Waals surface area contributed by atoms with Crippen molar-refractivity contribution in [2.24, 2.45) is 5.41 Å². The normalized spacial score (nSPS) is 26.2. The van der Waals surface area contributed by atoms with Crippen LogP contribution >= 0.6 is 11.6 Å². The number of carbonyl (C=O) groups excluding carboxylic acids is 1. The van der Waals surface area contributed by atoms with Crippen molar-refractivity contribution in [1.82, 2.24) is 5.32 Å². The van der Waals surface area contributed by atoms with E-state index in [0.29, 0.717) is 12.5 Å². The number of alkyl halides is 1. The number of rotatable bonds is 4. The molecule has 4 heteroatoms. The summed E-state index contributed by atoms with van der Waals surface area (Å²) in [6.07, 6.45) is 1.51. The average Bonchev–Trinajstić information content (AvgIpc) is 2.35. The van der Waals surface area contributed by atoms with Crippen LogP contribution in [0.4, 0.5) is 4.79 Å². The lowest BCUT2D eigenvalue weighted by molar-refractivity contribution is 0.0980. The van der Waals surface area contributed by atoms with Crippen LogP contribution in [0, 0.1) is 5.41 Å². The fraction of sp³-hybridized carbons (Fsp3) is 0.500. The lowest BCUT2D eigenvalue weighted by Crippen LogP contribution is -2.50. The summed E-state index contributed by atoms with van der Waals surface area (Å²) in [6, 6.07) is 9.85. The van der Waals surface area contributed by atoms with Gasteiger partial charge >= 0.3 is 6.09 Å². The first kappa shape index (κ1) is 13.2. The molecule has 0 atom stereocenters. The molecule has 0 saturated heterocycles. The molecule has 1 aromatic rings. The minimum absolute atomic E-state index is 0.179. The van der Waals surface area contributed by atoms with Crippen LogP contribution in [0.15, 0.2) is 30.3 Å². The smallest absolute Gasteiger partial charge is 0.407 e. The SMILES string of the molecule is CC1(CCl)CC(NC(=O)OCc2ccccc2)C1. The van der Waals surface area contributed by atoms with Gasteiger partial charge in [0.1, 0.15) is 6.61 Å². The highest BCUT2D eigenvalue weighted by atomic mass is 35.5. The minimum Gasteiger partial charge on any atom is -0.445 e. The molecule has 1 aromatic carbocycles. The summed E-state index contributed by atoms with van der Waals surface area (Å²) in [7, 11) is 0. The molecule has 1 fully saturated rings. The van der Waals surface area contributed by atoms with E-state index in [-0.39, 0.29) is 17.6 Å². The molecule has 0 radical (unpaired) electrons. The molecule has 0 heterocycles. The monoisotopic (exact) mass is 267 g/mol. The summed E-state index contributed by atoms with van der Waals surface area (Å²) in [5, 5.41) is 2.86. The number of carbonyl (C=O) groups is 1. The summed E-state index contributed by atoms with van der Waals surface area (Å²) in [6.45, 7) is 2.44. The van der Waals surface area contributed by atoms with E-state index < -0.39 is 0 Å². The van der Waals surface area contributed by atoms with Gasteiger partial charge in [-0.1, -0.05) is 37.3 Å². The molecule has 2 rings (SSSR count). The second kappa shape index (κ2) is 5.61. The molecule has 0 spiro atoms. The molecule has 18 heavy (non-hydrogen) atoms. The zero-order chi connectivity index (χ0) is 13.0. The highest BCUT2D eigenvalue weighted by Crippen LogP contribution is 2.41. The summed E-state index contributed by atoms with van der Waals surface area (Å²) < 4.78 is 5.15. The zero-order valence-corrected chi connectivity index (χ0v) is 11.2. The molecule has 0 bridgehead atoms. The first-order valence-electron chi connectivity index (χ1n) is 6.14. The van der Waals surface area contributed by atoms with Crippen molar-refractivity contribution in [3.63, 3.8) is 0 Å². The van der Waals surface area contributed by atoms with Crippen LogP contribution < -0.4 is 5.32 Å². The molecule has 1 N–H and O–H groups in total. The zero-order valence-electron chi connectivity index (χ0n) is 10.5. The summed E-state index contributed by atoms with van der Waals surface area (Å²) in [5.41, 5.74) is 1.17. The molecule has 0 aromatic heterocycles. The van der Waals surface area contributed by atoms with E-state index >= 15 is 0 Å². The lowest BCUT2D eigenvalue weighted by atomic mass is 9.68. The third-order valence-electron chi connectivity index (χ3n) is 3.34. The second-order valence-corrected chi connectivity index (χ2v) is 5.52. The van der Waals surface area contributed by atoms with Crippen molar-refractivity contribution < 1.29 is 9.53 Å². The van der Waals surface area contributed by atoms with Gasteiger partial charge in [-0.25, -0.2) is 4.79 Å². The molecule has 98 valence electrons. The van der Waals surface area contributed by atoms with E-state index in [1.807, 2.05) is 30.3 Å². The maximum absolute atomic E-state index is 11.6. The predicted molar refractivity (Wildman–Crippen MR) is 71.6 cm³/mol. The van der Waals surface area contributed by atoms with Crippen LogP contribution in [-0.2, 0) is 11.3 Å². The minimum atomic E-state index is -0.347. The second-order valence-electron chi connectivity index (χ2n) is 5.26. The molecule has 0 unspecified atom stereocenters. The van der Waals surface area contributed by atoms with Gasteiger partial charge in [0, 0.05) is 11.9 Å². The number of hydrogen-bond acceptors (Lipinski definition) is 2. The van der Waals surface area contributed by atoms with E-state index in [1.165, 1.54) is 0 Å². The number of alkyl carbamates (subject to hydrolysis) is 1. The van der Waals surface area contributed by atoms with E-state index in [4.69, 9.17) is 16.3 Å². The van der Waals surface area contributed by atoms with Crippen molar-refractivity contribution in [2.45, 2.75) is 32.4 Å². The highest BCUT2D eigenvalue weighted by Gasteiger charge is 2.40. The topological polar surface area (TPSA) is 38.3 Å². The van der Waals surface area contributed by atoms with Gasteiger partial charge in [0.05, 0.1) is 0 Å². The van der Waals surface area contributed by atoms with Gasteiger partial charge in [0.2, 0.25) is 0 Å². The van der Waals surface area contributed by atoms with Crippen molar-refractivity contribution in [1.29, 1.82) is 0 Å². The third kappa shape index (κ3) is 3.39. The van der Waals surface area contributed by atoms with Crippen molar-refractivity contribution >= 4 is 17.7 Å². The Balaban J connectivity index is 1.68. The Morgan fingerprint density at radius 1 is 1.44 bits per heavy atom. The first-order chi connectivity index (χ1) is 8.61. The summed E-state index contributed by atoms with van der Waals surface area (Å²) in [4.78, 5) is 11.6. The Labute approximate surface area is 112 Å². The largest absolute Gasteiger partial charge is 0.445 e. The molecular weight excluding hydrogens is 250 g/mol. The van der Waals surface area contributed by atoms with Crippen LogP contribution in [0.1, 0.15) is 25.3 Å². The maximum atomic E-state index is 11.6. The number of ether oxygens (including phenoxy) is 1. The lowest BCUT2D eigenvalue weighted by Gasteiger charge is -2.43. The quantitative estimate of drug-likeness (QED) is 0.850. The number of benzene rings is 1. The van der Waals surface area contributed by atoms with Gasteiger partial charge in [0.15, 0.2) is 0 Å². The molecule has 1 aliphatic carbocycles. The molecule has 1 saturated carbocycles. The summed E-state index contributed by atoms with van der Waals surface area (Å²) >= 11 is 5.84. The molecule has 1 aliphatic rings. The van der Waals surface area contributed by atoms with Crippen molar-refractivity contribution in [3.05, 3.63) is 35.9 Å². The fourth-order valence-electron chi connectivity index (χ4n) is 2.27. The summed E-state index contributed by atoms with van der Waals surface area (Å²) in [5.74, 6) is 0.643. The van der Waals surface area contributed by atoms with E-state index in [0.717, 1.165) is 18.4 Å². The van der Waals surface area contributed by atoms with Crippen LogP contribution in [-0.4, -0.2) is 18.0 Å². The number of halogens is 1. The Morgan fingerprint density at radius 3 is 2.72 bits per heavy atom. The third-order valence-corrected chi connectivity index (χ3v) is 3.98. The van der Waals surface area contributed by atoms with Gasteiger partial charge in [-0.15, -0.1) is 11.6 Å². The molecule has 1 amide bonds. The molecular formula is C14H18ClNO2. The van der Waals surface area contributed by atoms with Gasteiger partial charge < -0.3 is 10.1 Å². The van der Waals surface area contributed by atoms with E-state index in [9.17, 15) is 4.79 Å². The van der Waals surface area contributed by atoms with Gasteiger partial charge in [-0.2, -0.15) is 0 Å². The van der Waals surface area contributed by atoms with Crippen molar-refractivity contribution in [3.8, 4) is 0 Å². The van der Waals surface area contributed by atoms with Crippen LogP contribution in [0.3, 0.4) is 0 Å². The van der Waals surface area contributed by atoms with Crippen molar-refractivity contribution in [2.75, 3.05) is 5.88 Å². The first-order valence-corrected chi connectivity index (χ1v) is 6.68. The molecule has 3 nitrogen and oxygen atoms in total. The van der Waals surface area contributed by atoms with E-state index in [2.05, 4.69) is 12.2 Å². The maximum Gasteiger partial charge on any atom is 0.407 e.